The molecule has 3 rings (SSSR count). The van der Waals surface area contributed by atoms with Crippen LogP contribution < -0.4 is 5.32 Å². The third-order valence-corrected chi connectivity index (χ3v) is 8.30. The molecule has 0 aliphatic heterocycles. The molecular formula is C25H31ClFN3O4S. The van der Waals surface area contributed by atoms with Gasteiger partial charge in [-0.2, -0.15) is 4.31 Å². The standard InChI is InChI=1S/C25H31ClFN3O4S/c1-3-23(25(32)28-21-6-4-5-7-21)30(16-18-8-12-20(27)13-9-18)24(31)17-29(2)35(33,34)22-14-10-19(26)11-15-22/h8-15,21,23H,3-7,16-17H2,1-2H3,(H,28,32). The van der Waals surface area contributed by atoms with E-state index in [1.165, 1.54) is 48.3 Å². The first-order valence-corrected chi connectivity index (χ1v) is 13.5. The Kier molecular flexibility index (Phi) is 9.27. The van der Waals surface area contributed by atoms with E-state index >= 15 is 0 Å². The van der Waals surface area contributed by atoms with Crippen molar-refractivity contribution in [1.29, 1.82) is 0 Å². The van der Waals surface area contributed by atoms with Gasteiger partial charge in [0.1, 0.15) is 11.9 Å². The monoisotopic (exact) mass is 523 g/mol. The summed E-state index contributed by atoms with van der Waals surface area (Å²) >= 11 is 5.86. The largest absolute Gasteiger partial charge is 0.352 e. The van der Waals surface area contributed by atoms with Crippen molar-refractivity contribution in [2.75, 3.05) is 13.6 Å². The quantitative estimate of drug-likeness (QED) is 0.510. The smallest absolute Gasteiger partial charge is 0.243 e. The highest BCUT2D eigenvalue weighted by Gasteiger charge is 2.33. The van der Waals surface area contributed by atoms with Gasteiger partial charge in [-0.3, -0.25) is 9.59 Å². The number of rotatable bonds is 10. The molecule has 0 bridgehead atoms. The third kappa shape index (κ3) is 7.02. The minimum absolute atomic E-state index is 0.00769. The molecule has 2 aromatic rings. The summed E-state index contributed by atoms with van der Waals surface area (Å²) in [5, 5.41) is 3.43. The van der Waals surface area contributed by atoms with Gasteiger partial charge in [-0.25, -0.2) is 12.8 Å². The molecule has 7 nitrogen and oxygen atoms in total. The van der Waals surface area contributed by atoms with E-state index in [-0.39, 0.29) is 23.4 Å². The molecule has 190 valence electrons. The summed E-state index contributed by atoms with van der Waals surface area (Å²) in [6, 6.07) is 10.6. The van der Waals surface area contributed by atoms with E-state index in [4.69, 9.17) is 11.6 Å². The molecule has 0 spiro atoms. The van der Waals surface area contributed by atoms with Gasteiger partial charge in [0.25, 0.3) is 0 Å². The van der Waals surface area contributed by atoms with Crippen molar-refractivity contribution in [3.63, 3.8) is 0 Å². The number of benzene rings is 2. The average molecular weight is 524 g/mol. The Morgan fingerprint density at radius 1 is 1.09 bits per heavy atom. The van der Waals surface area contributed by atoms with Gasteiger partial charge in [0.15, 0.2) is 0 Å². The Morgan fingerprint density at radius 2 is 1.69 bits per heavy atom. The summed E-state index contributed by atoms with van der Waals surface area (Å²) in [5.74, 6) is -1.20. The van der Waals surface area contributed by atoms with Crippen LogP contribution in [0.1, 0.15) is 44.6 Å². The molecule has 2 amide bonds. The number of likely N-dealkylation sites (N-methyl/N-ethyl adjacent to an activating group) is 1. The zero-order valence-electron chi connectivity index (χ0n) is 19.9. The first-order chi connectivity index (χ1) is 16.6. The molecule has 1 saturated carbocycles. The van der Waals surface area contributed by atoms with Crippen LogP contribution in [0.3, 0.4) is 0 Å². The lowest BCUT2D eigenvalue weighted by atomic mass is 10.1. The number of carbonyl (C=O) groups excluding carboxylic acids is 2. The Bertz CT molecular complexity index is 1120. The van der Waals surface area contributed by atoms with Crippen LogP contribution in [0.25, 0.3) is 0 Å². The highest BCUT2D eigenvalue weighted by Crippen LogP contribution is 2.21. The molecule has 0 heterocycles. The Labute approximate surface area is 211 Å². The second kappa shape index (κ2) is 12.0. The summed E-state index contributed by atoms with van der Waals surface area (Å²) in [4.78, 5) is 28.0. The average Bonchev–Trinajstić information content (AvgIpc) is 3.33. The van der Waals surface area contributed by atoms with Crippen LogP contribution in [-0.4, -0.2) is 55.1 Å². The first-order valence-electron chi connectivity index (χ1n) is 11.7. The number of nitrogens with one attached hydrogen (secondary N) is 1. The molecule has 1 atom stereocenters. The van der Waals surface area contributed by atoms with Gasteiger partial charge in [-0.1, -0.05) is 43.5 Å². The minimum Gasteiger partial charge on any atom is -0.352 e. The summed E-state index contributed by atoms with van der Waals surface area (Å²) < 4.78 is 40.4. The van der Waals surface area contributed by atoms with Crippen molar-refractivity contribution in [3.05, 3.63) is 64.9 Å². The van der Waals surface area contributed by atoms with Crippen molar-refractivity contribution in [2.24, 2.45) is 0 Å². The van der Waals surface area contributed by atoms with Crippen LogP contribution in [0.15, 0.2) is 53.4 Å². The summed E-state index contributed by atoms with van der Waals surface area (Å²) in [5.41, 5.74) is 0.634. The molecule has 1 fully saturated rings. The second-order valence-electron chi connectivity index (χ2n) is 8.78. The maximum atomic E-state index is 13.4. The van der Waals surface area contributed by atoms with Gasteiger partial charge in [-0.05, 0) is 61.2 Å². The van der Waals surface area contributed by atoms with Crippen molar-refractivity contribution >= 4 is 33.4 Å². The predicted octanol–water partition coefficient (Wildman–Crippen LogP) is 3.97. The van der Waals surface area contributed by atoms with Crippen molar-refractivity contribution in [1.82, 2.24) is 14.5 Å². The van der Waals surface area contributed by atoms with E-state index in [9.17, 15) is 22.4 Å². The summed E-state index contributed by atoms with van der Waals surface area (Å²) in [6.07, 6.45) is 4.24. The first kappa shape index (κ1) is 27.1. The van der Waals surface area contributed by atoms with E-state index < -0.39 is 34.3 Å². The lowest BCUT2D eigenvalue weighted by Crippen LogP contribution is -2.53. The Balaban J connectivity index is 1.83. The van der Waals surface area contributed by atoms with Crippen molar-refractivity contribution in [2.45, 2.75) is 62.6 Å². The van der Waals surface area contributed by atoms with Crippen molar-refractivity contribution < 1.29 is 22.4 Å². The molecule has 0 aromatic heterocycles. The summed E-state index contributed by atoms with van der Waals surface area (Å²) in [7, 11) is -2.64. The van der Waals surface area contributed by atoms with Gasteiger partial charge in [0.2, 0.25) is 21.8 Å². The second-order valence-corrected chi connectivity index (χ2v) is 11.3. The fourth-order valence-electron chi connectivity index (χ4n) is 4.23. The Morgan fingerprint density at radius 3 is 2.26 bits per heavy atom. The number of hydrogen-bond donors (Lipinski definition) is 1. The molecule has 0 saturated heterocycles. The lowest BCUT2D eigenvalue weighted by Gasteiger charge is -2.32. The molecule has 0 radical (unpaired) electrons. The van der Waals surface area contributed by atoms with E-state index in [0.717, 1.165) is 30.0 Å². The highest BCUT2D eigenvalue weighted by molar-refractivity contribution is 7.89. The van der Waals surface area contributed by atoms with Crippen LogP contribution in [0.5, 0.6) is 0 Å². The highest BCUT2D eigenvalue weighted by atomic mass is 35.5. The molecule has 1 unspecified atom stereocenters. The molecule has 1 N–H and O–H groups in total. The van der Waals surface area contributed by atoms with E-state index in [2.05, 4.69) is 5.32 Å². The van der Waals surface area contributed by atoms with Gasteiger partial charge in [0.05, 0.1) is 11.4 Å². The maximum Gasteiger partial charge on any atom is 0.243 e. The van der Waals surface area contributed by atoms with Gasteiger partial charge < -0.3 is 10.2 Å². The van der Waals surface area contributed by atoms with E-state index in [1.807, 2.05) is 0 Å². The van der Waals surface area contributed by atoms with Crippen LogP contribution in [0.4, 0.5) is 4.39 Å². The topological polar surface area (TPSA) is 86.8 Å². The van der Waals surface area contributed by atoms with Gasteiger partial charge in [-0.15, -0.1) is 0 Å². The predicted molar refractivity (Wildman–Crippen MR) is 133 cm³/mol. The zero-order valence-corrected chi connectivity index (χ0v) is 21.5. The van der Waals surface area contributed by atoms with Crippen molar-refractivity contribution in [3.8, 4) is 0 Å². The molecule has 1 aliphatic carbocycles. The molecule has 10 heteroatoms. The van der Waals surface area contributed by atoms with Crippen LogP contribution in [-0.2, 0) is 26.2 Å². The van der Waals surface area contributed by atoms with Crippen LogP contribution in [0, 0.1) is 5.82 Å². The maximum absolute atomic E-state index is 13.4. The van der Waals surface area contributed by atoms with Crippen LogP contribution in [0.2, 0.25) is 5.02 Å². The fraction of sp³-hybridized carbons (Fsp3) is 0.440. The number of hydrogen-bond acceptors (Lipinski definition) is 4. The van der Waals surface area contributed by atoms with Gasteiger partial charge >= 0.3 is 0 Å². The normalized spacial score (nSPS) is 15.2. The molecule has 35 heavy (non-hydrogen) atoms. The number of nitrogens with zero attached hydrogens (tertiary/aromatic N) is 2. The zero-order chi connectivity index (χ0) is 25.6. The number of carbonyl (C=O) groups is 2. The SMILES string of the molecule is CCC(C(=O)NC1CCCC1)N(Cc1ccc(F)cc1)C(=O)CN(C)S(=O)(=O)c1ccc(Cl)cc1. The third-order valence-electron chi connectivity index (χ3n) is 6.23. The molecular weight excluding hydrogens is 493 g/mol. The lowest BCUT2D eigenvalue weighted by molar-refractivity contribution is -0.141. The molecule has 2 aromatic carbocycles. The Hall–Kier alpha value is -2.49. The summed E-state index contributed by atoms with van der Waals surface area (Å²) in [6.45, 7) is 1.39. The molecule has 1 aliphatic rings. The fourth-order valence-corrected chi connectivity index (χ4v) is 5.47. The number of sulfonamides is 1. The number of amides is 2. The van der Waals surface area contributed by atoms with Crippen LogP contribution >= 0.6 is 11.6 Å². The van der Waals surface area contributed by atoms with E-state index in [1.54, 1.807) is 19.1 Å². The van der Waals surface area contributed by atoms with E-state index in [0.29, 0.717) is 17.0 Å². The number of halogens is 2. The minimum atomic E-state index is -3.96. The van der Waals surface area contributed by atoms with Gasteiger partial charge in [0, 0.05) is 24.7 Å².